The Hall–Kier alpha value is -0.980. The molecule has 3 heteroatoms. The van der Waals surface area contributed by atoms with Crippen molar-refractivity contribution in [3.8, 4) is 6.07 Å². The Morgan fingerprint density at radius 2 is 2.21 bits per heavy atom. The molecule has 0 aromatic heterocycles. The summed E-state index contributed by atoms with van der Waals surface area (Å²) in [5, 5.41) is 12.3. The van der Waals surface area contributed by atoms with Gasteiger partial charge in [-0.25, -0.2) is 0 Å². The van der Waals surface area contributed by atoms with Crippen LogP contribution in [0, 0.1) is 11.3 Å². The fourth-order valence-corrected chi connectivity index (χ4v) is 3.44. The highest BCUT2D eigenvalue weighted by atomic mass is 32.2. The molecule has 1 atom stereocenters. The Morgan fingerprint density at radius 3 is 3.00 bits per heavy atom. The second-order valence-electron chi connectivity index (χ2n) is 5.06. The van der Waals surface area contributed by atoms with Gasteiger partial charge in [-0.2, -0.15) is 5.26 Å². The lowest BCUT2D eigenvalue weighted by Crippen LogP contribution is -2.28. The molecule has 1 N–H and O–H groups in total. The lowest BCUT2D eigenvalue weighted by Gasteiger charge is -2.10. The molecule has 0 saturated heterocycles. The molecule has 0 bridgehead atoms. The minimum atomic E-state index is 0.00174. The normalized spacial score (nSPS) is 14.9. The van der Waals surface area contributed by atoms with Crippen molar-refractivity contribution in [1.82, 2.24) is 5.32 Å². The average Bonchev–Trinajstić information content (AvgIpc) is 2.90. The molecule has 2 rings (SSSR count). The molecule has 1 aromatic carbocycles. The third-order valence-electron chi connectivity index (χ3n) is 3.54. The SMILES string of the molecule is CCCNC(C#N)CCSc1ccc2c(c1)CCC2. The van der Waals surface area contributed by atoms with Crippen LogP contribution in [0.4, 0.5) is 0 Å². The van der Waals surface area contributed by atoms with Gasteiger partial charge in [0, 0.05) is 10.6 Å². The van der Waals surface area contributed by atoms with Crippen LogP contribution < -0.4 is 5.32 Å². The zero-order valence-corrected chi connectivity index (χ0v) is 12.4. The van der Waals surface area contributed by atoms with Gasteiger partial charge in [0.1, 0.15) is 0 Å². The molecule has 102 valence electrons. The van der Waals surface area contributed by atoms with E-state index in [-0.39, 0.29) is 6.04 Å². The maximum atomic E-state index is 9.05. The molecule has 19 heavy (non-hydrogen) atoms. The Kier molecular flexibility index (Phi) is 5.75. The van der Waals surface area contributed by atoms with E-state index >= 15 is 0 Å². The molecule has 0 fully saturated rings. The van der Waals surface area contributed by atoms with Crippen LogP contribution in [0.5, 0.6) is 0 Å². The lowest BCUT2D eigenvalue weighted by molar-refractivity contribution is 0.585. The third-order valence-corrected chi connectivity index (χ3v) is 4.57. The molecule has 0 heterocycles. The quantitative estimate of drug-likeness (QED) is 0.772. The van der Waals surface area contributed by atoms with Crippen molar-refractivity contribution in [2.75, 3.05) is 12.3 Å². The van der Waals surface area contributed by atoms with E-state index in [9.17, 15) is 0 Å². The second-order valence-corrected chi connectivity index (χ2v) is 6.23. The molecule has 1 unspecified atom stereocenters. The first-order chi connectivity index (χ1) is 9.33. The molecule has 0 amide bonds. The van der Waals surface area contributed by atoms with Crippen LogP contribution in [0.1, 0.15) is 37.3 Å². The van der Waals surface area contributed by atoms with Crippen LogP contribution >= 0.6 is 11.8 Å². The van der Waals surface area contributed by atoms with Crippen LogP contribution in [-0.2, 0) is 12.8 Å². The predicted octanol–water partition coefficient (Wildman–Crippen LogP) is 3.55. The number of thioether (sulfide) groups is 1. The molecule has 1 aliphatic rings. The number of rotatable bonds is 7. The number of nitrogens with one attached hydrogen (secondary N) is 1. The first kappa shape index (κ1) is 14.4. The summed E-state index contributed by atoms with van der Waals surface area (Å²) in [7, 11) is 0. The van der Waals surface area contributed by atoms with Gasteiger partial charge in [-0.05, 0) is 61.9 Å². The number of aryl methyl sites for hydroxylation is 2. The molecule has 1 aliphatic carbocycles. The summed E-state index contributed by atoms with van der Waals surface area (Å²) in [6, 6.07) is 9.19. The van der Waals surface area contributed by atoms with Gasteiger partial charge in [-0.3, -0.25) is 0 Å². The minimum absolute atomic E-state index is 0.00174. The summed E-state index contributed by atoms with van der Waals surface area (Å²) in [4.78, 5) is 1.35. The van der Waals surface area contributed by atoms with Crippen LogP contribution in [-0.4, -0.2) is 18.3 Å². The fourth-order valence-electron chi connectivity index (χ4n) is 2.46. The van der Waals surface area contributed by atoms with E-state index in [0.717, 1.165) is 25.1 Å². The number of fused-ring (bicyclic) bond motifs is 1. The van der Waals surface area contributed by atoms with Gasteiger partial charge in [-0.15, -0.1) is 11.8 Å². The monoisotopic (exact) mass is 274 g/mol. The standard InChI is InChI=1S/C16H22N2S/c1-2-9-18-15(12-17)8-10-19-16-7-6-13-4-3-5-14(13)11-16/h6-7,11,15,18H,2-5,8-10H2,1H3. The fraction of sp³-hybridized carbons (Fsp3) is 0.562. The molecule has 1 aromatic rings. The average molecular weight is 274 g/mol. The van der Waals surface area contributed by atoms with Crippen molar-refractivity contribution in [2.24, 2.45) is 0 Å². The van der Waals surface area contributed by atoms with Crippen LogP contribution in [0.3, 0.4) is 0 Å². The van der Waals surface area contributed by atoms with Gasteiger partial charge in [0.25, 0.3) is 0 Å². The summed E-state index contributed by atoms with van der Waals surface area (Å²) in [6.07, 6.45) is 5.79. The largest absolute Gasteiger partial charge is 0.302 e. The van der Waals surface area contributed by atoms with Gasteiger partial charge in [0.2, 0.25) is 0 Å². The van der Waals surface area contributed by atoms with Gasteiger partial charge in [-0.1, -0.05) is 13.0 Å². The zero-order valence-electron chi connectivity index (χ0n) is 11.6. The van der Waals surface area contributed by atoms with Crippen molar-refractivity contribution in [2.45, 2.75) is 50.0 Å². The van der Waals surface area contributed by atoms with Crippen molar-refractivity contribution in [3.05, 3.63) is 29.3 Å². The smallest absolute Gasteiger partial charge is 0.0961 e. The van der Waals surface area contributed by atoms with E-state index < -0.39 is 0 Å². The maximum absolute atomic E-state index is 9.05. The van der Waals surface area contributed by atoms with E-state index in [2.05, 4.69) is 36.5 Å². The highest BCUT2D eigenvalue weighted by Gasteiger charge is 2.11. The van der Waals surface area contributed by atoms with Crippen molar-refractivity contribution < 1.29 is 0 Å². The molecule has 2 nitrogen and oxygen atoms in total. The second kappa shape index (κ2) is 7.57. The molecular weight excluding hydrogens is 252 g/mol. The van der Waals surface area contributed by atoms with E-state index in [4.69, 9.17) is 5.26 Å². The minimum Gasteiger partial charge on any atom is -0.302 e. The Bertz CT molecular complexity index is 451. The summed E-state index contributed by atoms with van der Waals surface area (Å²) in [5.74, 6) is 1.01. The van der Waals surface area contributed by atoms with Crippen LogP contribution in [0.2, 0.25) is 0 Å². The molecular formula is C16H22N2S. The highest BCUT2D eigenvalue weighted by Crippen LogP contribution is 2.27. The first-order valence-corrected chi connectivity index (χ1v) is 8.19. The molecule has 0 spiro atoms. The van der Waals surface area contributed by atoms with Crippen LogP contribution in [0.25, 0.3) is 0 Å². The Labute approximate surface area is 120 Å². The van der Waals surface area contributed by atoms with E-state index in [1.165, 1.54) is 35.3 Å². The zero-order chi connectivity index (χ0) is 13.5. The van der Waals surface area contributed by atoms with Crippen LogP contribution in [0.15, 0.2) is 23.1 Å². The van der Waals surface area contributed by atoms with Gasteiger partial charge in [0.15, 0.2) is 0 Å². The van der Waals surface area contributed by atoms with E-state index in [0.29, 0.717) is 0 Å². The highest BCUT2D eigenvalue weighted by molar-refractivity contribution is 7.99. The molecule has 0 radical (unpaired) electrons. The van der Waals surface area contributed by atoms with Gasteiger partial charge < -0.3 is 5.32 Å². The number of hydrogen-bond acceptors (Lipinski definition) is 3. The Balaban J connectivity index is 1.77. The summed E-state index contributed by atoms with van der Waals surface area (Å²) in [5.41, 5.74) is 3.06. The maximum Gasteiger partial charge on any atom is 0.0961 e. The number of nitrogens with zero attached hydrogens (tertiary/aromatic N) is 1. The van der Waals surface area contributed by atoms with Gasteiger partial charge in [0.05, 0.1) is 12.1 Å². The van der Waals surface area contributed by atoms with E-state index in [1.807, 2.05) is 11.8 Å². The first-order valence-electron chi connectivity index (χ1n) is 7.21. The number of hydrogen-bond donors (Lipinski definition) is 1. The molecule has 0 saturated carbocycles. The predicted molar refractivity (Wildman–Crippen MR) is 81.5 cm³/mol. The number of benzene rings is 1. The summed E-state index contributed by atoms with van der Waals surface area (Å²) in [6.45, 7) is 3.06. The van der Waals surface area contributed by atoms with Crippen molar-refractivity contribution >= 4 is 11.8 Å². The third kappa shape index (κ3) is 4.26. The lowest BCUT2D eigenvalue weighted by atomic mass is 10.1. The van der Waals surface area contributed by atoms with Crippen molar-refractivity contribution in [3.63, 3.8) is 0 Å². The summed E-state index contributed by atoms with van der Waals surface area (Å²) >= 11 is 1.87. The summed E-state index contributed by atoms with van der Waals surface area (Å²) < 4.78 is 0. The van der Waals surface area contributed by atoms with Crippen molar-refractivity contribution in [1.29, 1.82) is 5.26 Å². The molecule has 0 aliphatic heterocycles. The van der Waals surface area contributed by atoms with E-state index in [1.54, 1.807) is 0 Å². The Morgan fingerprint density at radius 1 is 1.37 bits per heavy atom. The van der Waals surface area contributed by atoms with Gasteiger partial charge >= 0.3 is 0 Å². The topological polar surface area (TPSA) is 35.8 Å². The number of nitriles is 1.